The molecule has 2 rings (SSSR count). The number of hydrogen-bond donors (Lipinski definition) is 1. The van der Waals surface area contributed by atoms with E-state index >= 15 is 0 Å². The number of carbonyl (C=O) groups is 6. The van der Waals surface area contributed by atoms with E-state index in [2.05, 4.69) is 5.32 Å². The highest BCUT2D eigenvalue weighted by Crippen LogP contribution is 2.31. The fourth-order valence-electron chi connectivity index (χ4n) is 4.07. The molecule has 1 fully saturated rings. The SMILES string of the molecule is CC(=O)OCC(/C=C/c1ccccc1)NC(=O)C[C@@H]1O[C@H](COC(C)=O)[C@@H](OC(C)=O)[C@H](OC(C)=O)[C@H]1OC(C)=O. The molecule has 224 valence electrons. The third-order valence-corrected chi connectivity index (χ3v) is 5.61. The van der Waals surface area contributed by atoms with Gasteiger partial charge in [0.1, 0.15) is 25.4 Å². The summed E-state index contributed by atoms with van der Waals surface area (Å²) in [5, 5.41) is 2.73. The zero-order chi connectivity index (χ0) is 30.5. The van der Waals surface area contributed by atoms with Gasteiger partial charge in [-0.15, -0.1) is 0 Å². The molecule has 1 saturated heterocycles. The van der Waals surface area contributed by atoms with Crippen LogP contribution in [0.2, 0.25) is 0 Å². The van der Waals surface area contributed by atoms with Crippen LogP contribution in [-0.2, 0) is 57.2 Å². The van der Waals surface area contributed by atoms with Gasteiger partial charge in [0.15, 0.2) is 18.3 Å². The molecule has 13 heteroatoms. The molecule has 41 heavy (non-hydrogen) atoms. The highest BCUT2D eigenvalue weighted by molar-refractivity contribution is 5.78. The summed E-state index contributed by atoms with van der Waals surface area (Å²) in [5.74, 6) is -4.13. The van der Waals surface area contributed by atoms with Gasteiger partial charge in [-0.1, -0.05) is 42.5 Å². The van der Waals surface area contributed by atoms with Gasteiger partial charge < -0.3 is 33.7 Å². The zero-order valence-electron chi connectivity index (χ0n) is 23.5. The molecule has 0 spiro atoms. The molecular weight excluding hydrogens is 542 g/mol. The normalized spacial score (nSPS) is 22.6. The molecule has 1 amide bonds. The molecule has 0 saturated carbocycles. The van der Waals surface area contributed by atoms with Crippen molar-refractivity contribution in [1.82, 2.24) is 5.32 Å². The number of benzene rings is 1. The van der Waals surface area contributed by atoms with E-state index in [0.717, 1.165) is 33.3 Å². The largest absolute Gasteiger partial charge is 0.463 e. The molecule has 1 aromatic rings. The molecule has 6 atom stereocenters. The van der Waals surface area contributed by atoms with Crippen molar-refractivity contribution in [3.8, 4) is 0 Å². The minimum atomic E-state index is -1.39. The van der Waals surface area contributed by atoms with Crippen molar-refractivity contribution in [3.05, 3.63) is 42.0 Å². The Labute approximate surface area is 237 Å². The first-order valence-corrected chi connectivity index (χ1v) is 12.8. The maximum atomic E-state index is 13.2. The molecule has 0 aliphatic carbocycles. The fraction of sp³-hybridized carbons (Fsp3) is 0.500. The Morgan fingerprint density at radius 1 is 0.756 bits per heavy atom. The van der Waals surface area contributed by atoms with Gasteiger partial charge >= 0.3 is 29.8 Å². The predicted molar refractivity (Wildman–Crippen MR) is 141 cm³/mol. The van der Waals surface area contributed by atoms with E-state index in [0.29, 0.717) is 0 Å². The number of ether oxygens (including phenoxy) is 6. The Kier molecular flexibility index (Phi) is 12.9. The van der Waals surface area contributed by atoms with E-state index in [9.17, 15) is 28.8 Å². The second kappa shape index (κ2) is 16.1. The van der Waals surface area contributed by atoms with Crippen molar-refractivity contribution in [3.63, 3.8) is 0 Å². The summed E-state index contributed by atoms with van der Waals surface area (Å²) in [6, 6.07) is 8.48. The van der Waals surface area contributed by atoms with E-state index in [1.165, 1.54) is 6.92 Å². The second-order valence-corrected chi connectivity index (χ2v) is 9.19. The summed E-state index contributed by atoms with van der Waals surface area (Å²) < 4.78 is 32.2. The maximum Gasteiger partial charge on any atom is 0.303 e. The van der Waals surface area contributed by atoms with E-state index in [1.54, 1.807) is 12.2 Å². The highest BCUT2D eigenvalue weighted by atomic mass is 16.7. The van der Waals surface area contributed by atoms with Gasteiger partial charge in [0.2, 0.25) is 5.91 Å². The van der Waals surface area contributed by atoms with Crippen LogP contribution in [0.1, 0.15) is 46.6 Å². The molecule has 1 aliphatic rings. The molecule has 1 N–H and O–H groups in total. The van der Waals surface area contributed by atoms with Crippen molar-refractivity contribution in [1.29, 1.82) is 0 Å². The molecule has 13 nitrogen and oxygen atoms in total. The number of carbonyl (C=O) groups excluding carboxylic acids is 6. The minimum Gasteiger partial charge on any atom is -0.463 e. The minimum absolute atomic E-state index is 0.164. The van der Waals surface area contributed by atoms with Crippen molar-refractivity contribution < 1.29 is 57.2 Å². The van der Waals surface area contributed by atoms with Crippen LogP contribution in [0.5, 0.6) is 0 Å². The smallest absolute Gasteiger partial charge is 0.303 e. The number of amides is 1. The van der Waals surface area contributed by atoms with E-state index in [4.69, 9.17) is 28.4 Å². The Bertz CT molecular complexity index is 1120. The Hall–Kier alpha value is -4.26. The van der Waals surface area contributed by atoms with Crippen LogP contribution in [-0.4, -0.2) is 85.5 Å². The van der Waals surface area contributed by atoms with Crippen LogP contribution in [0.3, 0.4) is 0 Å². The number of esters is 5. The number of rotatable bonds is 12. The van der Waals surface area contributed by atoms with E-state index < -0.39 is 85.3 Å². The average molecular weight is 578 g/mol. The van der Waals surface area contributed by atoms with Gasteiger partial charge in [0, 0.05) is 34.6 Å². The van der Waals surface area contributed by atoms with Crippen LogP contribution in [0.4, 0.5) is 0 Å². The lowest BCUT2D eigenvalue weighted by Gasteiger charge is -2.44. The van der Waals surface area contributed by atoms with Gasteiger partial charge in [-0.3, -0.25) is 28.8 Å². The first kappa shape index (κ1) is 32.9. The summed E-state index contributed by atoms with van der Waals surface area (Å²) in [6.45, 7) is 5.14. The second-order valence-electron chi connectivity index (χ2n) is 9.19. The maximum absolute atomic E-state index is 13.2. The van der Waals surface area contributed by atoms with Crippen LogP contribution in [0, 0.1) is 0 Å². The van der Waals surface area contributed by atoms with Gasteiger partial charge in [-0.2, -0.15) is 0 Å². The van der Waals surface area contributed by atoms with Crippen LogP contribution < -0.4 is 5.32 Å². The summed E-state index contributed by atoms with van der Waals surface area (Å²) in [7, 11) is 0. The first-order valence-electron chi connectivity index (χ1n) is 12.8. The Balaban J connectivity index is 2.34. The van der Waals surface area contributed by atoms with E-state index in [-0.39, 0.29) is 6.61 Å². The van der Waals surface area contributed by atoms with Gasteiger partial charge in [-0.25, -0.2) is 0 Å². The Morgan fingerprint density at radius 2 is 1.29 bits per heavy atom. The lowest BCUT2D eigenvalue weighted by Crippen LogP contribution is -2.63. The van der Waals surface area contributed by atoms with Gasteiger partial charge in [0.05, 0.1) is 12.5 Å². The van der Waals surface area contributed by atoms with Crippen LogP contribution in [0.25, 0.3) is 6.08 Å². The predicted octanol–water partition coefficient (Wildman–Crippen LogP) is 1.26. The van der Waals surface area contributed by atoms with E-state index in [1.807, 2.05) is 30.3 Å². The summed E-state index contributed by atoms with van der Waals surface area (Å²) in [6.07, 6.45) is -3.52. The summed E-state index contributed by atoms with van der Waals surface area (Å²) in [4.78, 5) is 71.9. The van der Waals surface area contributed by atoms with Crippen molar-refractivity contribution >= 4 is 41.8 Å². The standard InChI is InChI=1S/C28H35NO12/c1-16(30)36-14-22(12-11-21-9-7-6-8-10-21)29-25(35)13-23-26(38-18(3)32)28(40-20(5)34)27(39-19(4)33)24(41-23)15-37-17(2)31/h6-12,22-24,26-28H,13-15H2,1-5H3,(H,29,35)/b12-11+/t22?,23-,24+,26-,27+,28+/m0/s1. The zero-order valence-corrected chi connectivity index (χ0v) is 23.5. The third-order valence-electron chi connectivity index (χ3n) is 5.61. The number of hydrogen-bond acceptors (Lipinski definition) is 12. The lowest BCUT2D eigenvalue weighted by molar-refractivity contribution is -0.252. The fourth-order valence-corrected chi connectivity index (χ4v) is 4.07. The quantitative estimate of drug-likeness (QED) is 0.279. The van der Waals surface area contributed by atoms with Crippen molar-refractivity contribution in [2.24, 2.45) is 0 Å². The molecule has 0 aromatic heterocycles. The van der Waals surface area contributed by atoms with Crippen molar-refractivity contribution in [2.45, 2.75) is 77.6 Å². The monoisotopic (exact) mass is 577 g/mol. The molecule has 1 aromatic carbocycles. The molecule has 0 bridgehead atoms. The van der Waals surface area contributed by atoms with Crippen LogP contribution in [0.15, 0.2) is 36.4 Å². The molecular formula is C28H35NO12. The molecule has 0 radical (unpaired) electrons. The third kappa shape index (κ3) is 11.8. The molecule has 1 unspecified atom stereocenters. The summed E-state index contributed by atoms with van der Waals surface area (Å²) >= 11 is 0. The summed E-state index contributed by atoms with van der Waals surface area (Å²) in [5.41, 5.74) is 0.842. The molecule has 1 aliphatic heterocycles. The Morgan fingerprint density at radius 3 is 1.83 bits per heavy atom. The highest BCUT2D eigenvalue weighted by Gasteiger charge is 2.52. The van der Waals surface area contributed by atoms with Crippen molar-refractivity contribution in [2.75, 3.05) is 13.2 Å². The number of nitrogens with one attached hydrogen (secondary N) is 1. The first-order chi connectivity index (χ1) is 19.3. The van der Waals surface area contributed by atoms with Crippen LogP contribution >= 0.6 is 0 Å². The average Bonchev–Trinajstić information content (AvgIpc) is 2.87. The topological polar surface area (TPSA) is 170 Å². The molecule has 1 heterocycles. The van der Waals surface area contributed by atoms with Gasteiger partial charge in [-0.05, 0) is 5.56 Å². The lowest BCUT2D eigenvalue weighted by atomic mass is 9.92. The van der Waals surface area contributed by atoms with Gasteiger partial charge in [0.25, 0.3) is 0 Å².